The number of rotatable bonds is 6. The molecular formula is C11H14ClNO5S. The predicted octanol–water partition coefficient (Wildman–Crippen LogP) is 1.49. The van der Waals surface area contributed by atoms with Crippen LogP contribution in [0.4, 0.5) is 0 Å². The van der Waals surface area contributed by atoms with Crippen LogP contribution in [0.15, 0.2) is 23.1 Å². The Morgan fingerprint density at radius 3 is 2.63 bits per heavy atom. The van der Waals surface area contributed by atoms with Gasteiger partial charge in [-0.1, -0.05) is 18.5 Å². The normalized spacial score (nSPS) is 13.0. The SMILES string of the molecule is CCC(NS(=O)(=O)c1cc(Cl)ccc1OC)C(=O)O. The van der Waals surface area contributed by atoms with E-state index in [1.54, 1.807) is 6.92 Å². The molecule has 0 bridgehead atoms. The predicted molar refractivity (Wildman–Crippen MR) is 70.0 cm³/mol. The molecule has 0 saturated carbocycles. The lowest BCUT2D eigenvalue weighted by atomic mass is 10.2. The minimum Gasteiger partial charge on any atom is -0.495 e. The van der Waals surface area contributed by atoms with Crippen molar-refractivity contribution in [2.75, 3.05) is 7.11 Å². The van der Waals surface area contributed by atoms with Gasteiger partial charge in [-0.25, -0.2) is 8.42 Å². The van der Waals surface area contributed by atoms with E-state index in [0.717, 1.165) is 0 Å². The van der Waals surface area contributed by atoms with Crippen molar-refractivity contribution >= 4 is 27.6 Å². The van der Waals surface area contributed by atoms with E-state index in [4.69, 9.17) is 21.4 Å². The summed E-state index contributed by atoms with van der Waals surface area (Å²) in [6.45, 7) is 1.57. The monoisotopic (exact) mass is 307 g/mol. The number of hydrogen-bond donors (Lipinski definition) is 2. The molecule has 6 nitrogen and oxygen atoms in total. The average molecular weight is 308 g/mol. The van der Waals surface area contributed by atoms with Crippen LogP contribution in [0.2, 0.25) is 5.02 Å². The molecule has 0 spiro atoms. The molecule has 19 heavy (non-hydrogen) atoms. The number of hydrogen-bond acceptors (Lipinski definition) is 4. The minimum absolute atomic E-state index is 0.0946. The van der Waals surface area contributed by atoms with Crippen LogP contribution in [0, 0.1) is 0 Å². The second-order valence-corrected chi connectivity index (χ2v) is 5.83. The fourth-order valence-corrected chi connectivity index (χ4v) is 3.12. The summed E-state index contributed by atoms with van der Waals surface area (Å²) in [5.41, 5.74) is 0. The van der Waals surface area contributed by atoms with Crippen LogP contribution in [0.5, 0.6) is 5.75 Å². The summed E-state index contributed by atoms with van der Waals surface area (Å²) in [7, 11) is -2.71. The summed E-state index contributed by atoms with van der Waals surface area (Å²) >= 11 is 5.75. The topological polar surface area (TPSA) is 92.7 Å². The molecule has 1 aromatic rings. The van der Waals surface area contributed by atoms with E-state index in [0.29, 0.717) is 0 Å². The lowest BCUT2D eigenvalue weighted by molar-refractivity contribution is -0.139. The number of halogens is 1. The van der Waals surface area contributed by atoms with Gasteiger partial charge in [-0.2, -0.15) is 4.72 Å². The number of carbonyl (C=O) groups is 1. The number of benzene rings is 1. The first kappa shape index (κ1) is 15.7. The Morgan fingerprint density at radius 2 is 2.16 bits per heavy atom. The van der Waals surface area contributed by atoms with Gasteiger partial charge < -0.3 is 9.84 Å². The fraction of sp³-hybridized carbons (Fsp3) is 0.364. The molecule has 0 aliphatic heterocycles. The molecule has 106 valence electrons. The number of ether oxygens (including phenoxy) is 1. The van der Waals surface area contributed by atoms with Crippen molar-refractivity contribution < 1.29 is 23.1 Å². The van der Waals surface area contributed by atoms with Gasteiger partial charge in [-0.3, -0.25) is 4.79 Å². The number of nitrogens with one attached hydrogen (secondary N) is 1. The second kappa shape index (κ2) is 6.23. The highest BCUT2D eigenvalue weighted by molar-refractivity contribution is 7.89. The van der Waals surface area contributed by atoms with Crippen molar-refractivity contribution in [1.29, 1.82) is 0 Å². The lowest BCUT2D eigenvalue weighted by Crippen LogP contribution is -2.40. The smallest absolute Gasteiger partial charge is 0.321 e. The van der Waals surface area contributed by atoms with Crippen LogP contribution in [-0.4, -0.2) is 32.6 Å². The van der Waals surface area contributed by atoms with E-state index < -0.39 is 22.0 Å². The molecular weight excluding hydrogens is 294 g/mol. The zero-order valence-electron chi connectivity index (χ0n) is 10.4. The van der Waals surface area contributed by atoms with Gasteiger partial charge in [0, 0.05) is 5.02 Å². The van der Waals surface area contributed by atoms with Crippen molar-refractivity contribution in [2.45, 2.75) is 24.3 Å². The summed E-state index contributed by atoms with van der Waals surface area (Å²) in [6, 6.07) is 2.89. The summed E-state index contributed by atoms with van der Waals surface area (Å²) in [5, 5.41) is 9.09. The zero-order valence-corrected chi connectivity index (χ0v) is 12.0. The Labute approximate surface area is 116 Å². The summed E-state index contributed by atoms with van der Waals surface area (Å²) in [5.74, 6) is -1.15. The first-order chi connectivity index (χ1) is 8.81. The third-order valence-corrected chi connectivity index (χ3v) is 4.15. The molecule has 1 atom stereocenters. The van der Waals surface area contributed by atoms with Crippen LogP contribution in [0.3, 0.4) is 0 Å². The average Bonchev–Trinajstić information content (AvgIpc) is 2.35. The van der Waals surface area contributed by atoms with E-state index in [1.807, 2.05) is 0 Å². The van der Waals surface area contributed by atoms with E-state index in [2.05, 4.69) is 4.72 Å². The Kier molecular flexibility index (Phi) is 5.16. The molecule has 8 heteroatoms. The van der Waals surface area contributed by atoms with Crippen molar-refractivity contribution in [2.24, 2.45) is 0 Å². The molecule has 0 aliphatic carbocycles. The molecule has 0 saturated heterocycles. The van der Waals surface area contributed by atoms with Crippen LogP contribution in [-0.2, 0) is 14.8 Å². The Morgan fingerprint density at radius 1 is 1.53 bits per heavy atom. The fourth-order valence-electron chi connectivity index (χ4n) is 1.42. The molecule has 0 amide bonds. The van der Waals surface area contributed by atoms with E-state index in [9.17, 15) is 13.2 Å². The van der Waals surface area contributed by atoms with Crippen LogP contribution < -0.4 is 9.46 Å². The third kappa shape index (κ3) is 3.82. The molecule has 0 fully saturated rings. The van der Waals surface area contributed by atoms with Gasteiger partial charge >= 0.3 is 5.97 Å². The molecule has 0 aliphatic rings. The molecule has 0 radical (unpaired) electrons. The highest BCUT2D eigenvalue weighted by Gasteiger charge is 2.26. The van der Waals surface area contributed by atoms with Crippen molar-refractivity contribution in [3.8, 4) is 5.75 Å². The van der Waals surface area contributed by atoms with Gasteiger partial charge in [0.25, 0.3) is 0 Å². The van der Waals surface area contributed by atoms with Gasteiger partial charge in [0.05, 0.1) is 7.11 Å². The zero-order chi connectivity index (χ0) is 14.6. The van der Waals surface area contributed by atoms with Gasteiger partial charge in [-0.05, 0) is 24.6 Å². The Balaban J connectivity index is 3.20. The first-order valence-electron chi connectivity index (χ1n) is 5.40. The second-order valence-electron chi connectivity index (χ2n) is 3.72. The van der Waals surface area contributed by atoms with Crippen molar-refractivity contribution in [3.05, 3.63) is 23.2 Å². The number of methoxy groups -OCH3 is 1. The van der Waals surface area contributed by atoms with E-state index in [-0.39, 0.29) is 22.1 Å². The molecule has 1 unspecified atom stereocenters. The molecule has 0 heterocycles. The first-order valence-corrected chi connectivity index (χ1v) is 7.26. The standard InChI is InChI=1S/C11H14ClNO5S/c1-3-8(11(14)15)13-19(16,17)10-6-7(12)4-5-9(10)18-2/h4-6,8,13H,3H2,1-2H3,(H,14,15). The molecule has 0 aromatic heterocycles. The Hall–Kier alpha value is -1.31. The maximum atomic E-state index is 12.1. The molecule has 2 N–H and O–H groups in total. The van der Waals surface area contributed by atoms with Gasteiger partial charge in [0.15, 0.2) is 0 Å². The van der Waals surface area contributed by atoms with Crippen molar-refractivity contribution in [3.63, 3.8) is 0 Å². The summed E-state index contributed by atoms with van der Waals surface area (Å²) < 4.78 is 31.3. The Bertz CT molecular complexity index is 572. The highest BCUT2D eigenvalue weighted by atomic mass is 35.5. The van der Waals surface area contributed by atoms with Crippen LogP contribution in [0.25, 0.3) is 0 Å². The van der Waals surface area contributed by atoms with Gasteiger partial charge in [-0.15, -0.1) is 0 Å². The van der Waals surface area contributed by atoms with Crippen molar-refractivity contribution in [1.82, 2.24) is 4.72 Å². The van der Waals surface area contributed by atoms with E-state index >= 15 is 0 Å². The summed E-state index contributed by atoms with van der Waals surface area (Å²) in [6.07, 6.45) is 0.122. The van der Waals surface area contributed by atoms with Gasteiger partial charge in [0.1, 0.15) is 16.7 Å². The van der Waals surface area contributed by atoms with Crippen LogP contribution in [0.1, 0.15) is 13.3 Å². The molecule has 1 aromatic carbocycles. The third-order valence-electron chi connectivity index (χ3n) is 2.42. The highest BCUT2D eigenvalue weighted by Crippen LogP contribution is 2.27. The number of sulfonamides is 1. The summed E-state index contributed by atoms with van der Waals surface area (Å²) in [4.78, 5) is 10.7. The lowest BCUT2D eigenvalue weighted by Gasteiger charge is -2.15. The van der Waals surface area contributed by atoms with Crippen LogP contribution >= 0.6 is 11.6 Å². The van der Waals surface area contributed by atoms with E-state index in [1.165, 1.54) is 25.3 Å². The maximum absolute atomic E-state index is 12.1. The maximum Gasteiger partial charge on any atom is 0.321 e. The largest absolute Gasteiger partial charge is 0.495 e. The number of carboxylic acid groups (broad SMARTS) is 1. The quantitative estimate of drug-likeness (QED) is 0.830. The number of carboxylic acids is 1. The molecule has 1 rings (SSSR count). The minimum atomic E-state index is -4.02. The van der Waals surface area contributed by atoms with Gasteiger partial charge in [0.2, 0.25) is 10.0 Å². The number of aliphatic carboxylic acids is 1.